The van der Waals surface area contributed by atoms with Crippen LogP contribution in [0, 0.1) is 0 Å². The Labute approximate surface area is 226 Å². The highest BCUT2D eigenvalue weighted by molar-refractivity contribution is 7.80. The van der Waals surface area contributed by atoms with Gasteiger partial charge in [-0.25, -0.2) is 0 Å². The van der Waals surface area contributed by atoms with Crippen molar-refractivity contribution in [3.05, 3.63) is 82.9 Å². The molecule has 1 heterocycles. The standard InChI is InChI=1S/C29H31F3N2O3S/c1-18(2)19-5-11-23(12-6-19)37-17-25-24-16-27(36-4)26(35-3)15-20(24)13-14-34(25)28(38)33-22-9-7-21(8-10-22)29(30,31)32/h5-12,15-16,18,25H,13-14,17H2,1-4H3,(H,33,38). The number of halogens is 3. The number of thiocarbonyl (C=S) groups is 1. The molecule has 202 valence electrons. The highest BCUT2D eigenvalue weighted by Gasteiger charge is 2.32. The van der Waals surface area contributed by atoms with E-state index in [1.807, 2.05) is 29.2 Å². The maximum atomic E-state index is 13.0. The normalized spacial score (nSPS) is 15.2. The minimum Gasteiger partial charge on any atom is -0.493 e. The molecule has 1 N–H and O–H groups in total. The first kappa shape index (κ1) is 27.6. The monoisotopic (exact) mass is 544 g/mol. The molecule has 0 aliphatic carbocycles. The summed E-state index contributed by atoms with van der Waals surface area (Å²) in [6, 6.07) is 16.5. The van der Waals surface area contributed by atoms with Gasteiger partial charge in [-0.2, -0.15) is 13.2 Å². The van der Waals surface area contributed by atoms with E-state index in [2.05, 4.69) is 31.3 Å². The molecular formula is C29H31F3N2O3S. The molecule has 1 atom stereocenters. The number of nitrogens with zero attached hydrogens (tertiary/aromatic N) is 1. The third-order valence-electron chi connectivity index (χ3n) is 6.68. The number of benzene rings is 3. The van der Waals surface area contributed by atoms with Gasteiger partial charge >= 0.3 is 6.18 Å². The van der Waals surface area contributed by atoms with Gasteiger partial charge in [-0.1, -0.05) is 26.0 Å². The zero-order valence-corrected chi connectivity index (χ0v) is 22.6. The third kappa shape index (κ3) is 6.15. The van der Waals surface area contributed by atoms with E-state index in [4.69, 9.17) is 26.4 Å². The third-order valence-corrected chi connectivity index (χ3v) is 7.02. The van der Waals surface area contributed by atoms with Crippen LogP contribution in [0.1, 0.15) is 48.1 Å². The Morgan fingerprint density at radius 2 is 1.63 bits per heavy atom. The zero-order chi connectivity index (χ0) is 27.4. The number of ether oxygens (including phenoxy) is 3. The second-order valence-electron chi connectivity index (χ2n) is 9.41. The number of anilines is 1. The fourth-order valence-electron chi connectivity index (χ4n) is 4.51. The lowest BCUT2D eigenvalue weighted by molar-refractivity contribution is -0.137. The van der Waals surface area contributed by atoms with E-state index >= 15 is 0 Å². The van der Waals surface area contributed by atoms with Crippen molar-refractivity contribution in [2.45, 2.75) is 38.4 Å². The smallest absolute Gasteiger partial charge is 0.416 e. The predicted octanol–water partition coefficient (Wildman–Crippen LogP) is 7.22. The molecule has 0 bridgehead atoms. The van der Waals surface area contributed by atoms with Gasteiger partial charge in [0.15, 0.2) is 16.6 Å². The number of fused-ring (bicyclic) bond motifs is 1. The van der Waals surface area contributed by atoms with Gasteiger partial charge in [0.25, 0.3) is 0 Å². The summed E-state index contributed by atoms with van der Waals surface area (Å²) in [5.41, 5.74) is 3.08. The molecule has 0 saturated carbocycles. The second kappa shape index (κ2) is 11.5. The van der Waals surface area contributed by atoms with Crippen molar-refractivity contribution in [3.63, 3.8) is 0 Å². The van der Waals surface area contributed by atoms with Gasteiger partial charge in [0.2, 0.25) is 0 Å². The average molecular weight is 545 g/mol. The molecule has 9 heteroatoms. The van der Waals surface area contributed by atoms with Gasteiger partial charge in [0, 0.05) is 12.2 Å². The van der Waals surface area contributed by atoms with Gasteiger partial charge in [-0.15, -0.1) is 0 Å². The van der Waals surface area contributed by atoms with E-state index < -0.39 is 11.7 Å². The minimum absolute atomic E-state index is 0.266. The Morgan fingerprint density at radius 1 is 1.00 bits per heavy atom. The molecule has 0 aromatic heterocycles. The largest absolute Gasteiger partial charge is 0.493 e. The maximum absolute atomic E-state index is 13.0. The molecular weight excluding hydrogens is 513 g/mol. The SMILES string of the molecule is COc1cc2c(cc1OC)C(COc1ccc(C(C)C)cc1)N(C(=S)Nc1ccc(C(F)(F)F)cc1)CC2. The molecule has 1 aliphatic rings. The first-order valence-corrected chi connectivity index (χ1v) is 12.7. The lowest BCUT2D eigenvalue weighted by atomic mass is 9.92. The Hall–Kier alpha value is -3.46. The summed E-state index contributed by atoms with van der Waals surface area (Å²) in [5, 5.41) is 3.50. The van der Waals surface area contributed by atoms with Crippen LogP contribution in [0.25, 0.3) is 0 Å². The van der Waals surface area contributed by atoms with Gasteiger partial charge < -0.3 is 24.4 Å². The van der Waals surface area contributed by atoms with Crippen LogP contribution in [0.4, 0.5) is 18.9 Å². The van der Waals surface area contributed by atoms with E-state index in [-0.39, 0.29) is 6.04 Å². The second-order valence-corrected chi connectivity index (χ2v) is 9.79. The lowest BCUT2D eigenvalue weighted by Gasteiger charge is -2.39. The topological polar surface area (TPSA) is 43.0 Å². The molecule has 3 aromatic carbocycles. The molecule has 1 unspecified atom stereocenters. The predicted molar refractivity (Wildman–Crippen MR) is 146 cm³/mol. The maximum Gasteiger partial charge on any atom is 0.416 e. The van der Waals surface area contributed by atoms with Gasteiger partial charge in [0.1, 0.15) is 12.4 Å². The van der Waals surface area contributed by atoms with Crippen molar-refractivity contribution in [1.29, 1.82) is 0 Å². The molecule has 38 heavy (non-hydrogen) atoms. The van der Waals surface area contributed by atoms with Crippen LogP contribution in [0.5, 0.6) is 17.2 Å². The summed E-state index contributed by atoms with van der Waals surface area (Å²) in [6.07, 6.45) is -3.70. The van der Waals surface area contributed by atoms with E-state index in [0.717, 1.165) is 29.0 Å². The van der Waals surface area contributed by atoms with E-state index in [0.29, 0.717) is 47.8 Å². The van der Waals surface area contributed by atoms with Crippen LogP contribution in [0.2, 0.25) is 0 Å². The Morgan fingerprint density at radius 3 is 2.21 bits per heavy atom. The number of alkyl halides is 3. The fourth-order valence-corrected chi connectivity index (χ4v) is 4.85. The van der Waals surface area contributed by atoms with E-state index in [1.54, 1.807) is 14.2 Å². The minimum atomic E-state index is -4.40. The van der Waals surface area contributed by atoms with E-state index in [1.165, 1.54) is 17.7 Å². The number of hydrogen-bond donors (Lipinski definition) is 1. The zero-order valence-electron chi connectivity index (χ0n) is 21.8. The number of nitrogens with one attached hydrogen (secondary N) is 1. The molecule has 3 aromatic rings. The van der Waals surface area contributed by atoms with Crippen molar-refractivity contribution in [2.24, 2.45) is 0 Å². The Bertz CT molecular complexity index is 1260. The fraction of sp³-hybridized carbons (Fsp3) is 0.345. The first-order valence-electron chi connectivity index (χ1n) is 12.3. The number of methoxy groups -OCH3 is 2. The molecule has 4 rings (SSSR count). The van der Waals surface area contributed by atoms with Crippen LogP contribution in [0.3, 0.4) is 0 Å². The highest BCUT2D eigenvalue weighted by Crippen LogP contribution is 2.39. The van der Waals surface area contributed by atoms with Crippen molar-refractivity contribution < 1.29 is 27.4 Å². The van der Waals surface area contributed by atoms with Crippen LogP contribution < -0.4 is 19.5 Å². The first-order chi connectivity index (χ1) is 18.1. The lowest BCUT2D eigenvalue weighted by Crippen LogP contribution is -2.44. The van der Waals surface area contributed by atoms with Gasteiger partial charge in [-0.05, 0) is 89.8 Å². The van der Waals surface area contributed by atoms with Crippen LogP contribution >= 0.6 is 12.2 Å². The molecule has 0 saturated heterocycles. The summed E-state index contributed by atoms with van der Waals surface area (Å²) in [7, 11) is 3.19. The van der Waals surface area contributed by atoms with Crippen molar-refractivity contribution >= 4 is 23.0 Å². The van der Waals surface area contributed by atoms with Crippen molar-refractivity contribution in [3.8, 4) is 17.2 Å². The number of hydrogen-bond acceptors (Lipinski definition) is 4. The van der Waals surface area contributed by atoms with Gasteiger partial charge in [0.05, 0.1) is 25.8 Å². The van der Waals surface area contributed by atoms with Crippen molar-refractivity contribution in [2.75, 3.05) is 32.7 Å². The molecule has 0 radical (unpaired) electrons. The highest BCUT2D eigenvalue weighted by atomic mass is 32.1. The van der Waals surface area contributed by atoms with Crippen LogP contribution in [0.15, 0.2) is 60.7 Å². The quantitative estimate of drug-likeness (QED) is 0.317. The Balaban J connectivity index is 1.60. The summed E-state index contributed by atoms with van der Waals surface area (Å²) in [6.45, 7) is 5.17. The van der Waals surface area contributed by atoms with Crippen LogP contribution in [-0.4, -0.2) is 37.4 Å². The molecule has 5 nitrogen and oxygen atoms in total. The molecule has 0 fully saturated rings. The molecule has 1 aliphatic heterocycles. The summed E-state index contributed by atoms with van der Waals surface area (Å²) >= 11 is 5.74. The summed E-state index contributed by atoms with van der Waals surface area (Å²) in [4.78, 5) is 2.00. The van der Waals surface area contributed by atoms with Crippen molar-refractivity contribution in [1.82, 2.24) is 4.90 Å². The van der Waals surface area contributed by atoms with E-state index in [9.17, 15) is 13.2 Å². The molecule has 0 spiro atoms. The van der Waals surface area contributed by atoms with Crippen LogP contribution in [-0.2, 0) is 12.6 Å². The molecule has 0 amide bonds. The Kier molecular flexibility index (Phi) is 8.35. The summed E-state index contributed by atoms with van der Waals surface area (Å²) < 4.78 is 56.2. The van der Waals surface area contributed by atoms with Gasteiger partial charge in [-0.3, -0.25) is 0 Å². The summed E-state index contributed by atoms with van der Waals surface area (Å²) in [5.74, 6) is 2.40. The average Bonchev–Trinajstić information content (AvgIpc) is 2.90. The number of rotatable bonds is 7.